The van der Waals surface area contributed by atoms with Crippen molar-refractivity contribution in [2.24, 2.45) is 7.05 Å². The van der Waals surface area contributed by atoms with Gasteiger partial charge in [0.2, 0.25) is 5.95 Å². The van der Waals surface area contributed by atoms with E-state index in [1.165, 1.54) is 0 Å². The predicted molar refractivity (Wildman–Crippen MR) is 207 cm³/mol. The molecule has 0 saturated carbocycles. The van der Waals surface area contributed by atoms with Crippen LogP contribution in [0.4, 0.5) is 28.8 Å². The number of nitrogens with zero attached hydrogens (tertiary/aromatic N) is 8. The van der Waals surface area contributed by atoms with Gasteiger partial charge in [0.15, 0.2) is 0 Å². The highest BCUT2D eigenvalue weighted by Crippen LogP contribution is 2.43. The van der Waals surface area contributed by atoms with E-state index >= 15 is 0 Å². The highest BCUT2D eigenvalue weighted by Gasteiger charge is 2.29. The van der Waals surface area contributed by atoms with E-state index in [1.807, 2.05) is 48.4 Å². The van der Waals surface area contributed by atoms with E-state index in [0.29, 0.717) is 33.7 Å². The highest BCUT2D eigenvalue weighted by molar-refractivity contribution is 9.10. The molecule has 7 rings (SSSR count). The van der Waals surface area contributed by atoms with Crippen molar-refractivity contribution in [2.45, 2.75) is 18.9 Å². The number of rotatable bonds is 9. The second-order valence-electron chi connectivity index (χ2n) is 13.6. The number of piperidine rings is 1. The Morgan fingerprint density at radius 3 is 2.38 bits per heavy atom. The van der Waals surface area contributed by atoms with Gasteiger partial charge in [-0.1, -0.05) is 18.2 Å². The second kappa shape index (κ2) is 14.3. The Bertz CT molecular complexity index is 2050. The summed E-state index contributed by atoms with van der Waals surface area (Å²) in [6.45, 7) is 10.0. The molecule has 2 aromatic carbocycles. The maximum atomic E-state index is 13.5. The van der Waals surface area contributed by atoms with Crippen LogP contribution < -0.4 is 25.6 Å². The number of fused-ring (bicyclic) bond motifs is 1. The smallest absolute Gasteiger partial charge is 0.229 e. The number of imidazole rings is 1. The number of hydrogen-bond acceptors (Lipinski definition) is 11. The van der Waals surface area contributed by atoms with E-state index in [4.69, 9.17) is 14.7 Å². The van der Waals surface area contributed by atoms with Gasteiger partial charge in [-0.25, -0.2) is 9.97 Å². The monoisotopic (exact) mass is 758 g/mol. The van der Waals surface area contributed by atoms with Gasteiger partial charge >= 0.3 is 0 Å². The molecule has 0 spiro atoms. The third kappa shape index (κ3) is 7.23. The molecular weight excluding hydrogens is 715 g/mol. The maximum absolute atomic E-state index is 13.5. The fourth-order valence-electron chi connectivity index (χ4n) is 7.07. The lowest BCUT2D eigenvalue weighted by Crippen LogP contribution is -2.52. The molecule has 12 nitrogen and oxygen atoms in total. The van der Waals surface area contributed by atoms with Crippen LogP contribution in [0.2, 0.25) is 0 Å². The number of benzene rings is 2. The van der Waals surface area contributed by atoms with E-state index in [9.17, 15) is 4.57 Å². The number of likely N-dealkylation sites (N-methyl/N-ethyl adjacent to an activating group) is 1. The van der Waals surface area contributed by atoms with Crippen molar-refractivity contribution in [3.8, 4) is 17.0 Å². The topological polar surface area (TPSA) is 117 Å². The average Bonchev–Trinajstić information content (AvgIpc) is 3.55. The van der Waals surface area contributed by atoms with Crippen molar-refractivity contribution in [3.63, 3.8) is 0 Å². The molecule has 5 heterocycles. The predicted octanol–water partition coefficient (Wildman–Crippen LogP) is 6.15. The second-order valence-corrected chi connectivity index (χ2v) is 17.6. The van der Waals surface area contributed by atoms with E-state index in [0.717, 1.165) is 90.9 Å². The van der Waals surface area contributed by atoms with Gasteiger partial charge in [0.05, 0.1) is 52.4 Å². The first-order valence-corrected chi connectivity index (χ1v) is 20.3. The number of para-hydroxylation sites is 1. The first-order chi connectivity index (χ1) is 24.1. The van der Waals surface area contributed by atoms with Gasteiger partial charge in [0.1, 0.15) is 18.7 Å². The minimum Gasteiger partial charge on any atom is -0.494 e. The standard InChI is InChI=1S/C36H44BrN10O2P/c1-44-14-16-46(17-15-44)24-10-12-47(13-11-24)32-19-33(49-3)29(18-26(32)31-22-45(2)23-40-31)42-36-39-20-27(37)35(43-36)41-30-21-38-28-9-7-6-8-25(28)34(30)50(4,5)48/h6-9,18-24H,10-17H2,1-5H3,(H2,39,41,42,43). The third-order valence-corrected chi connectivity index (χ3v) is 11.8. The average molecular weight is 760 g/mol. The molecule has 0 bridgehead atoms. The molecule has 50 heavy (non-hydrogen) atoms. The van der Waals surface area contributed by atoms with Crippen LogP contribution in [-0.2, 0) is 11.6 Å². The highest BCUT2D eigenvalue weighted by atomic mass is 79.9. The number of aryl methyl sites for hydroxylation is 1. The molecule has 262 valence electrons. The van der Waals surface area contributed by atoms with Crippen LogP contribution in [0.3, 0.4) is 0 Å². The van der Waals surface area contributed by atoms with Crippen molar-refractivity contribution in [2.75, 3.05) is 82.3 Å². The minimum absolute atomic E-state index is 0.369. The molecule has 2 fully saturated rings. The number of pyridine rings is 1. The van der Waals surface area contributed by atoms with Crippen LogP contribution in [0.5, 0.6) is 5.75 Å². The first-order valence-electron chi connectivity index (χ1n) is 16.9. The van der Waals surface area contributed by atoms with Gasteiger partial charge in [-0.05, 0) is 61.3 Å². The van der Waals surface area contributed by atoms with Crippen molar-refractivity contribution in [1.82, 2.24) is 34.3 Å². The maximum Gasteiger partial charge on any atom is 0.229 e. The van der Waals surface area contributed by atoms with Crippen LogP contribution >= 0.6 is 23.1 Å². The van der Waals surface area contributed by atoms with Crippen LogP contribution in [0.25, 0.3) is 22.2 Å². The summed E-state index contributed by atoms with van der Waals surface area (Å²) < 4.78 is 22.1. The fourth-order valence-corrected chi connectivity index (χ4v) is 8.83. The van der Waals surface area contributed by atoms with Gasteiger partial charge in [-0.2, -0.15) is 4.98 Å². The fraction of sp³-hybridized carbons (Fsp3) is 0.389. The largest absolute Gasteiger partial charge is 0.494 e. The molecule has 14 heteroatoms. The number of ether oxygens (including phenoxy) is 1. The Morgan fingerprint density at radius 2 is 1.68 bits per heavy atom. The first kappa shape index (κ1) is 34.4. The third-order valence-electron chi connectivity index (χ3n) is 9.69. The lowest BCUT2D eigenvalue weighted by molar-refractivity contribution is 0.0982. The summed E-state index contributed by atoms with van der Waals surface area (Å²) in [6, 6.07) is 12.5. The zero-order valence-corrected chi connectivity index (χ0v) is 31.7. The van der Waals surface area contributed by atoms with Crippen LogP contribution in [0.1, 0.15) is 12.8 Å². The van der Waals surface area contributed by atoms with Gasteiger partial charge in [0.25, 0.3) is 0 Å². The SMILES string of the molecule is COc1cc(N2CCC(N3CCN(C)CC3)CC2)c(-c2cn(C)cn2)cc1Nc1ncc(Br)c(Nc2cnc3ccccc3c2P(C)(C)=O)n1. The van der Waals surface area contributed by atoms with E-state index < -0.39 is 7.14 Å². The molecule has 0 unspecified atom stereocenters. The van der Waals surface area contributed by atoms with Gasteiger partial charge in [-0.3, -0.25) is 9.88 Å². The van der Waals surface area contributed by atoms with Crippen molar-refractivity contribution in [1.29, 1.82) is 0 Å². The molecule has 0 amide bonds. The molecule has 2 aliphatic heterocycles. The summed E-state index contributed by atoms with van der Waals surface area (Å²) in [4.78, 5) is 26.3. The van der Waals surface area contributed by atoms with Crippen LogP contribution in [0, 0.1) is 0 Å². The number of halogens is 1. The number of aromatic nitrogens is 5. The number of anilines is 5. The molecule has 0 aliphatic carbocycles. The lowest BCUT2D eigenvalue weighted by atomic mass is 9.99. The van der Waals surface area contributed by atoms with Crippen molar-refractivity contribution in [3.05, 3.63) is 65.8 Å². The molecule has 5 aromatic rings. The number of methoxy groups -OCH3 is 1. The summed E-state index contributed by atoms with van der Waals surface area (Å²) in [7, 11) is 3.17. The minimum atomic E-state index is -2.70. The molecule has 2 aliphatic rings. The van der Waals surface area contributed by atoms with Crippen molar-refractivity contribution < 1.29 is 9.30 Å². The van der Waals surface area contributed by atoms with Crippen LogP contribution in [-0.4, -0.2) is 107 Å². The number of hydrogen-bond donors (Lipinski definition) is 2. The normalized spacial score (nSPS) is 16.6. The Kier molecular flexibility index (Phi) is 9.85. The Morgan fingerprint density at radius 1 is 0.920 bits per heavy atom. The molecule has 2 saturated heterocycles. The van der Waals surface area contributed by atoms with E-state index in [2.05, 4.69) is 70.4 Å². The summed E-state index contributed by atoms with van der Waals surface area (Å²) >= 11 is 3.61. The van der Waals surface area contributed by atoms with Gasteiger partial charge in [-0.15, -0.1) is 0 Å². The quantitative estimate of drug-likeness (QED) is 0.169. The summed E-state index contributed by atoms with van der Waals surface area (Å²) in [6.07, 6.45) is 9.52. The van der Waals surface area contributed by atoms with E-state index in [-0.39, 0.29) is 0 Å². The number of piperazine rings is 1. The summed E-state index contributed by atoms with van der Waals surface area (Å²) in [5.74, 6) is 1.56. The molecule has 0 atom stereocenters. The zero-order chi connectivity index (χ0) is 35.0. The summed E-state index contributed by atoms with van der Waals surface area (Å²) in [5, 5.41) is 8.38. The summed E-state index contributed by atoms with van der Waals surface area (Å²) in [5.41, 5.74) is 5.14. The zero-order valence-electron chi connectivity index (χ0n) is 29.2. The molecule has 2 N–H and O–H groups in total. The Hall–Kier alpha value is -4.03. The van der Waals surface area contributed by atoms with Gasteiger partial charge < -0.3 is 34.3 Å². The lowest BCUT2D eigenvalue weighted by Gasteiger charge is -2.43. The van der Waals surface area contributed by atoms with E-state index in [1.54, 1.807) is 32.8 Å². The molecular formula is C36H44BrN10O2P. The Balaban J connectivity index is 1.18. The van der Waals surface area contributed by atoms with Crippen molar-refractivity contribution >= 4 is 68.1 Å². The molecule has 0 radical (unpaired) electrons. The molecule has 3 aromatic heterocycles. The Labute approximate surface area is 301 Å². The number of nitrogens with one attached hydrogen (secondary N) is 2. The van der Waals surface area contributed by atoms with Gasteiger partial charge in [0, 0.05) is 87.1 Å². The van der Waals surface area contributed by atoms with Crippen LogP contribution in [0.15, 0.2) is 65.8 Å².